The molecule has 0 amide bonds. The van der Waals surface area contributed by atoms with Gasteiger partial charge < -0.3 is 9.47 Å². The van der Waals surface area contributed by atoms with E-state index >= 15 is 0 Å². The van der Waals surface area contributed by atoms with Crippen molar-refractivity contribution >= 4 is 10.2 Å². The Bertz CT molecular complexity index is 702. The second kappa shape index (κ2) is 7.28. The van der Waals surface area contributed by atoms with Crippen molar-refractivity contribution in [3.05, 3.63) is 29.6 Å². The standard InChI is InChI=1S/C17H27N3O4S/c1-14-5-4-6-16(18-14)11-23-9-7-15-8-10-24-17(15)12-20(13-17)25(21,22)19(2)3/h4-6,15H,7-13H2,1-3H3/t15-/m1/s1. The summed E-state index contributed by atoms with van der Waals surface area (Å²) in [4.78, 5) is 4.42. The summed E-state index contributed by atoms with van der Waals surface area (Å²) in [6.07, 6.45) is 1.84. The van der Waals surface area contributed by atoms with Gasteiger partial charge in [-0.3, -0.25) is 4.98 Å². The first-order valence-electron chi connectivity index (χ1n) is 8.65. The normalized spacial score (nSPS) is 23.3. The quantitative estimate of drug-likeness (QED) is 0.675. The predicted molar refractivity (Wildman–Crippen MR) is 94.2 cm³/mol. The summed E-state index contributed by atoms with van der Waals surface area (Å²) < 4.78 is 38.8. The number of aryl methyl sites for hydroxylation is 1. The van der Waals surface area contributed by atoms with Crippen LogP contribution in [0, 0.1) is 12.8 Å². The summed E-state index contributed by atoms with van der Waals surface area (Å²) in [7, 11) is -0.233. The molecule has 2 saturated heterocycles. The van der Waals surface area contributed by atoms with Gasteiger partial charge in [-0.25, -0.2) is 0 Å². The van der Waals surface area contributed by atoms with E-state index in [1.165, 1.54) is 8.61 Å². The van der Waals surface area contributed by atoms with E-state index in [2.05, 4.69) is 4.98 Å². The van der Waals surface area contributed by atoms with Crippen molar-refractivity contribution in [1.29, 1.82) is 0 Å². The van der Waals surface area contributed by atoms with Gasteiger partial charge in [-0.05, 0) is 37.8 Å². The molecular weight excluding hydrogens is 342 g/mol. The number of aromatic nitrogens is 1. The average molecular weight is 369 g/mol. The van der Waals surface area contributed by atoms with Crippen LogP contribution in [0.4, 0.5) is 0 Å². The van der Waals surface area contributed by atoms with Gasteiger partial charge in [-0.2, -0.15) is 17.0 Å². The third-order valence-corrected chi connectivity index (χ3v) is 6.92. The van der Waals surface area contributed by atoms with Crippen molar-refractivity contribution in [3.8, 4) is 0 Å². The van der Waals surface area contributed by atoms with Gasteiger partial charge in [0, 0.05) is 46.1 Å². The van der Waals surface area contributed by atoms with Crippen LogP contribution in [0.2, 0.25) is 0 Å². The van der Waals surface area contributed by atoms with Crippen LogP contribution >= 0.6 is 0 Å². The lowest BCUT2D eigenvalue weighted by molar-refractivity contribution is -0.107. The molecule has 3 heterocycles. The Morgan fingerprint density at radius 2 is 2.16 bits per heavy atom. The molecule has 2 fully saturated rings. The van der Waals surface area contributed by atoms with E-state index in [-0.39, 0.29) is 5.60 Å². The fourth-order valence-corrected chi connectivity index (χ4v) is 4.79. The second-order valence-electron chi connectivity index (χ2n) is 7.07. The van der Waals surface area contributed by atoms with Crippen LogP contribution in [0.3, 0.4) is 0 Å². The summed E-state index contributed by atoms with van der Waals surface area (Å²) >= 11 is 0. The zero-order chi connectivity index (χ0) is 18.1. The van der Waals surface area contributed by atoms with Gasteiger partial charge in [0.1, 0.15) is 0 Å². The molecule has 0 bridgehead atoms. The predicted octanol–water partition coefficient (Wildman–Crippen LogP) is 1.19. The topological polar surface area (TPSA) is 72.0 Å². The molecule has 0 N–H and O–H groups in total. The van der Waals surface area contributed by atoms with Gasteiger partial charge in [0.25, 0.3) is 10.2 Å². The smallest absolute Gasteiger partial charge is 0.281 e. The summed E-state index contributed by atoms with van der Waals surface area (Å²) in [5.74, 6) is 0.339. The summed E-state index contributed by atoms with van der Waals surface area (Å²) in [5, 5.41) is 0. The minimum Gasteiger partial charge on any atom is -0.375 e. The van der Waals surface area contributed by atoms with Gasteiger partial charge in [0.05, 0.1) is 17.9 Å². The van der Waals surface area contributed by atoms with Crippen molar-refractivity contribution in [2.45, 2.75) is 32.0 Å². The lowest BCUT2D eigenvalue weighted by Crippen LogP contribution is -2.67. The van der Waals surface area contributed by atoms with Crippen molar-refractivity contribution < 1.29 is 17.9 Å². The molecule has 1 aromatic heterocycles. The first kappa shape index (κ1) is 18.7. The zero-order valence-corrected chi connectivity index (χ0v) is 16.0. The van der Waals surface area contributed by atoms with Crippen molar-refractivity contribution in [2.75, 3.05) is 40.4 Å². The molecule has 7 nitrogen and oxygen atoms in total. The van der Waals surface area contributed by atoms with Crippen molar-refractivity contribution in [3.63, 3.8) is 0 Å². The van der Waals surface area contributed by atoms with Crippen LogP contribution in [0.25, 0.3) is 0 Å². The molecule has 8 heteroatoms. The molecule has 2 aliphatic heterocycles. The third kappa shape index (κ3) is 3.88. The van der Waals surface area contributed by atoms with E-state index in [1.54, 1.807) is 14.1 Å². The fourth-order valence-electron chi connectivity index (χ4n) is 3.57. The fraction of sp³-hybridized carbons (Fsp3) is 0.706. The lowest BCUT2D eigenvalue weighted by atomic mass is 9.80. The number of hydrogen-bond donors (Lipinski definition) is 0. The van der Waals surface area contributed by atoms with Crippen molar-refractivity contribution in [1.82, 2.24) is 13.6 Å². The monoisotopic (exact) mass is 369 g/mol. The highest BCUT2D eigenvalue weighted by Gasteiger charge is 2.56. The van der Waals surface area contributed by atoms with E-state index in [9.17, 15) is 8.42 Å². The van der Waals surface area contributed by atoms with Crippen LogP contribution < -0.4 is 0 Å². The van der Waals surface area contributed by atoms with Crippen LogP contribution in [0.1, 0.15) is 24.2 Å². The molecule has 0 aliphatic carbocycles. The minimum atomic E-state index is -3.35. The van der Waals surface area contributed by atoms with E-state index in [4.69, 9.17) is 9.47 Å². The Kier molecular flexibility index (Phi) is 5.45. The van der Waals surface area contributed by atoms with E-state index in [0.717, 1.165) is 24.2 Å². The molecule has 0 unspecified atom stereocenters. The third-order valence-electron chi connectivity index (χ3n) is 5.08. The molecular formula is C17H27N3O4S. The SMILES string of the molecule is Cc1cccc(COCC[C@@H]2CCOC23CN(S(=O)(=O)N(C)C)C3)n1. The highest BCUT2D eigenvalue weighted by atomic mass is 32.2. The van der Waals surface area contributed by atoms with Crippen LogP contribution in [0.15, 0.2) is 18.2 Å². The molecule has 2 aliphatic rings. The number of nitrogens with zero attached hydrogens (tertiary/aromatic N) is 3. The van der Waals surface area contributed by atoms with E-state index in [0.29, 0.717) is 38.8 Å². The van der Waals surface area contributed by atoms with Gasteiger partial charge in [-0.15, -0.1) is 0 Å². The maximum absolute atomic E-state index is 12.2. The summed E-state index contributed by atoms with van der Waals surface area (Å²) in [6, 6.07) is 5.91. The molecule has 25 heavy (non-hydrogen) atoms. The van der Waals surface area contributed by atoms with Crippen LogP contribution in [-0.2, 0) is 26.3 Å². The minimum absolute atomic E-state index is 0.325. The van der Waals surface area contributed by atoms with E-state index < -0.39 is 10.2 Å². The molecule has 1 spiro atoms. The first-order valence-corrected chi connectivity index (χ1v) is 10.0. The Morgan fingerprint density at radius 3 is 2.84 bits per heavy atom. The van der Waals surface area contributed by atoms with Gasteiger partial charge >= 0.3 is 0 Å². The Labute approximate surface area is 150 Å². The Balaban J connectivity index is 1.47. The lowest BCUT2D eigenvalue weighted by Gasteiger charge is -2.49. The number of ether oxygens (including phenoxy) is 2. The van der Waals surface area contributed by atoms with Crippen molar-refractivity contribution in [2.24, 2.45) is 5.92 Å². The maximum Gasteiger partial charge on any atom is 0.281 e. The highest BCUT2D eigenvalue weighted by Crippen LogP contribution is 2.42. The van der Waals surface area contributed by atoms with Gasteiger partial charge in [0.2, 0.25) is 0 Å². The molecule has 0 saturated carbocycles. The highest BCUT2D eigenvalue weighted by molar-refractivity contribution is 7.86. The zero-order valence-electron chi connectivity index (χ0n) is 15.1. The molecule has 3 rings (SSSR count). The van der Waals surface area contributed by atoms with E-state index in [1.807, 2.05) is 25.1 Å². The molecule has 0 radical (unpaired) electrons. The number of pyridine rings is 1. The maximum atomic E-state index is 12.2. The number of hydrogen-bond acceptors (Lipinski definition) is 5. The largest absolute Gasteiger partial charge is 0.375 e. The number of rotatable bonds is 7. The first-order chi connectivity index (χ1) is 11.8. The molecule has 0 aromatic carbocycles. The van der Waals surface area contributed by atoms with Crippen LogP contribution in [-0.4, -0.2) is 68.0 Å². The average Bonchev–Trinajstić information content (AvgIpc) is 2.94. The summed E-state index contributed by atoms with van der Waals surface area (Å²) in [5.41, 5.74) is 1.60. The van der Waals surface area contributed by atoms with Crippen LogP contribution in [0.5, 0.6) is 0 Å². The summed E-state index contributed by atoms with van der Waals surface area (Å²) in [6.45, 7) is 4.68. The molecule has 1 atom stereocenters. The van der Waals surface area contributed by atoms with Gasteiger partial charge in [0.15, 0.2) is 0 Å². The molecule has 1 aromatic rings. The second-order valence-corrected chi connectivity index (χ2v) is 9.21. The molecule has 140 valence electrons. The van der Waals surface area contributed by atoms with Gasteiger partial charge in [-0.1, -0.05) is 6.07 Å². The Hall–Kier alpha value is -1.06. The Morgan fingerprint density at radius 1 is 1.40 bits per heavy atom.